The number of hydrogen-bond donors (Lipinski definition) is 0. The van der Waals surface area contributed by atoms with Crippen molar-refractivity contribution in [3.63, 3.8) is 0 Å². The number of methoxy groups -OCH3 is 1. The molecule has 2 heterocycles. The highest BCUT2D eigenvalue weighted by atomic mass is 16.5. The largest absolute Gasteiger partial charge is 0.497 e. The maximum Gasteiger partial charge on any atom is 0.227 e. The minimum Gasteiger partial charge on any atom is -0.497 e. The molecular weight excluding hydrogens is 362 g/mol. The van der Waals surface area contributed by atoms with Crippen molar-refractivity contribution < 1.29 is 9.53 Å². The second-order valence-corrected chi connectivity index (χ2v) is 7.88. The molecule has 0 aliphatic carbocycles. The smallest absolute Gasteiger partial charge is 0.227 e. The Hall–Kier alpha value is -2.40. The molecule has 0 saturated carbocycles. The van der Waals surface area contributed by atoms with E-state index in [0.717, 1.165) is 50.5 Å². The van der Waals surface area contributed by atoms with Crippen LogP contribution >= 0.6 is 0 Å². The molecule has 1 atom stereocenters. The maximum atomic E-state index is 12.7. The molecule has 29 heavy (non-hydrogen) atoms. The fraction of sp³-hybridized carbons (Fsp3) is 0.500. The zero-order chi connectivity index (χ0) is 20.5. The van der Waals surface area contributed by atoms with Crippen LogP contribution in [-0.2, 0) is 17.6 Å². The van der Waals surface area contributed by atoms with Crippen LogP contribution in [0.1, 0.15) is 30.9 Å². The molecule has 0 bridgehead atoms. The highest BCUT2D eigenvalue weighted by Gasteiger charge is 2.23. The summed E-state index contributed by atoms with van der Waals surface area (Å²) in [5.74, 6) is 1.67. The van der Waals surface area contributed by atoms with Crippen LogP contribution in [-0.4, -0.2) is 60.5 Å². The zero-order valence-electron chi connectivity index (χ0n) is 17.7. The lowest BCUT2D eigenvalue weighted by atomic mass is 9.96. The summed E-state index contributed by atoms with van der Waals surface area (Å²) in [6, 6.07) is 12.2. The molecule has 2 aromatic rings. The third kappa shape index (κ3) is 6.57. The van der Waals surface area contributed by atoms with E-state index in [0.29, 0.717) is 12.3 Å². The lowest BCUT2D eigenvalue weighted by Gasteiger charge is -2.35. The van der Waals surface area contributed by atoms with E-state index in [4.69, 9.17) is 4.74 Å². The van der Waals surface area contributed by atoms with Gasteiger partial charge in [0, 0.05) is 38.6 Å². The number of pyridine rings is 1. The van der Waals surface area contributed by atoms with E-state index in [2.05, 4.69) is 35.0 Å². The van der Waals surface area contributed by atoms with E-state index < -0.39 is 0 Å². The average molecular weight is 396 g/mol. The molecule has 0 radical (unpaired) electrons. The minimum absolute atomic E-state index is 0.203. The summed E-state index contributed by atoms with van der Waals surface area (Å²) >= 11 is 0. The number of carbonyl (C=O) groups is 1. The van der Waals surface area contributed by atoms with Gasteiger partial charge in [0.05, 0.1) is 13.5 Å². The standard InChI is InChI=1S/C24H33N3O2/c1-3-27(24(28)16-21-8-5-12-25-17-21)19-22-9-6-13-26(18-22)14-11-20-7-4-10-23(15-20)29-2/h4-5,7-8,10,12,15,17,22H,3,6,9,11,13-14,16,18-19H2,1-2H3/t22-/m1/s1. The normalized spacial score (nSPS) is 17.1. The van der Waals surface area contributed by atoms with Gasteiger partial charge in [0.1, 0.15) is 5.75 Å². The summed E-state index contributed by atoms with van der Waals surface area (Å²) < 4.78 is 5.33. The Morgan fingerprint density at radius 1 is 1.28 bits per heavy atom. The van der Waals surface area contributed by atoms with E-state index in [9.17, 15) is 4.79 Å². The van der Waals surface area contributed by atoms with E-state index in [1.807, 2.05) is 23.1 Å². The van der Waals surface area contributed by atoms with Gasteiger partial charge in [0.2, 0.25) is 5.91 Å². The first-order chi connectivity index (χ1) is 14.2. The third-order valence-electron chi connectivity index (χ3n) is 5.75. The van der Waals surface area contributed by atoms with Crippen molar-refractivity contribution in [2.75, 3.05) is 39.8 Å². The van der Waals surface area contributed by atoms with Crippen molar-refractivity contribution in [2.24, 2.45) is 5.92 Å². The van der Waals surface area contributed by atoms with Crippen LogP contribution in [0.3, 0.4) is 0 Å². The number of ether oxygens (including phenoxy) is 1. The summed E-state index contributed by atoms with van der Waals surface area (Å²) in [4.78, 5) is 21.4. The summed E-state index contributed by atoms with van der Waals surface area (Å²) in [5.41, 5.74) is 2.30. The molecule has 0 unspecified atom stereocenters. The number of aromatic nitrogens is 1. The third-order valence-corrected chi connectivity index (χ3v) is 5.75. The van der Waals surface area contributed by atoms with Crippen molar-refractivity contribution in [3.05, 3.63) is 59.9 Å². The first-order valence-electron chi connectivity index (χ1n) is 10.7. The summed E-state index contributed by atoms with van der Waals surface area (Å²) in [5, 5.41) is 0. The quantitative estimate of drug-likeness (QED) is 0.653. The van der Waals surface area contributed by atoms with Crippen LogP contribution in [0.5, 0.6) is 5.75 Å². The monoisotopic (exact) mass is 395 g/mol. The topological polar surface area (TPSA) is 45.7 Å². The van der Waals surface area contributed by atoms with Crippen molar-refractivity contribution in [1.29, 1.82) is 0 Å². The minimum atomic E-state index is 0.203. The summed E-state index contributed by atoms with van der Waals surface area (Å²) in [6.07, 6.45) is 7.40. The van der Waals surface area contributed by atoms with E-state index >= 15 is 0 Å². The Kier molecular flexibility index (Phi) is 8.05. The van der Waals surface area contributed by atoms with Gasteiger partial charge in [-0.1, -0.05) is 18.2 Å². The maximum absolute atomic E-state index is 12.7. The van der Waals surface area contributed by atoms with E-state index in [-0.39, 0.29) is 5.91 Å². The summed E-state index contributed by atoms with van der Waals surface area (Å²) in [6.45, 7) is 6.96. The molecular formula is C24H33N3O2. The SMILES string of the molecule is CCN(C[C@@H]1CCCN(CCc2cccc(OC)c2)C1)C(=O)Cc1cccnc1. The Morgan fingerprint density at radius 3 is 2.90 bits per heavy atom. The molecule has 0 N–H and O–H groups in total. The van der Waals surface area contributed by atoms with Crippen LogP contribution in [0.25, 0.3) is 0 Å². The van der Waals surface area contributed by atoms with Crippen molar-refractivity contribution in [1.82, 2.24) is 14.8 Å². The van der Waals surface area contributed by atoms with Gasteiger partial charge >= 0.3 is 0 Å². The number of likely N-dealkylation sites (N-methyl/N-ethyl adjacent to an activating group) is 1. The van der Waals surface area contributed by atoms with Crippen LogP contribution in [0.2, 0.25) is 0 Å². The molecule has 3 rings (SSSR count). The first kappa shape index (κ1) is 21.3. The predicted octanol–water partition coefficient (Wildman–Crippen LogP) is 3.44. The lowest BCUT2D eigenvalue weighted by Crippen LogP contribution is -2.43. The number of hydrogen-bond acceptors (Lipinski definition) is 4. The predicted molar refractivity (Wildman–Crippen MR) is 116 cm³/mol. The molecule has 1 amide bonds. The molecule has 1 aromatic carbocycles. The second kappa shape index (κ2) is 11.0. The van der Waals surface area contributed by atoms with Gasteiger partial charge in [-0.3, -0.25) is 9.78 Å². The number of rotatable bonds is 9. The Labute approximate surface area is 174 Å². The average Bonchev–Trinajstić information content (AvgIpc) is 2.77. The molecule has 1 fully saturated rings. The van der Waals surface area contributed by atoms with Crippen molar-refractivity contribution >= 4 is 5.91 Å². The number of piperidine rings is 1. The fourth-order valence-corrected chi connectivity index (χ4v) is 4.13. The van der Waals surface area contributed by atoms with Gasteiger partial charge in [-0.15, -0.1) is 0 Å². The second-order valence-electron chi connectivity index (χ2n) is 7.88. The molecule has 156 valence electrons. The highest BCUT2D eigenvalue weighted by molar-refractivity contribution is 5.78. The van der Waals surface area contributed by atoms with E-state index in [1.54, 1.807) is 19.5 Å². The van der Waals surface area contributed by atoms with Gasteiger partial charge < -0.3 is 14.5 Å². The van der Waals surface area contributed by atoms with Gasteiger partial charge in [-0.2, -0.15) is 0 Å². The Balaban J connectivity index is 1.49. The van der Waals surface area contributed by atoms with Gasteiger partial charge in [-0.25, -0.2) is 0 Å². The van der Waals surface area contributed by atoms with Crippen LogP contribution < -0.4 is 4.74 Å². The lowest BCUT2D eigenvalue weighted by molar-refractivity contribution is -0.131. The van der Waals surface area contributed by atoms with Gasteiger partial charge in [0.25, 0.3) is 0 Å². The number of amides is 1. The Bertz CT molecular complexity index is 766. The molecule has 1 aromatic heterocycles. The number of likely N-dealkylation sites (tertiary alicyclic amines) is 1. The molecule has 1 saturated heterocycles. The first-order valence-corrected chi connectivity index (χ1v) is 10.7. The summed E-state index contributed by atoms with van der Waals surface area (Å²) in [7, 11) is 1.71. The van der Waals surface area contributed by atoms with Crippen LogP contribution in [0.15, 0.2) is 48.8 Å². The van der Waals surface area contributed by atoms with Crippen LogP contribution in [0, 0.1) is 5.92 Å². The van der Waals surface area contributed by atoms with Crippen molar-refractivity contribution in [3.8, 4) is 5.75 Å². The molecule has 5 heteroatoms. The molecule has 5 nitrogen and oxygen atoms in total. The van der Waals surface area contributed by atoms with Gasteiger partial charge in [-0.05, 0) is 68.0 Å². The number of benzene rings is 1. The van der Waals surface area contributed by atoms with Crippen LogP contribution in [0.4, 0.5) is 0 Å². The number of nitrogens with zero attached hydrogens (tertiary/aromatic N) is 3. The fourth-order valence-electron chi connectivity index (χ4n) is 4.13. The molecule has 1 aliphatic heterocycles. The number of carbonyl (C=O) groups excluding carboxylic acids is 1. The zero-order valence-corrected chi connectivity index (χ0v) is 17.7. The molecule has 0 spiro atoms. The van der Waals surface area contributed by atoms with Crippen molar-refractivity contribution in [2.45, 2.75) is 32.6 Å². The Morgan fingerprint density at radius 2 is 2.14 bits per heavy atom. The van der Waals surface area contributed by atoms with Gasteiger partial charge in [0.15, 0.2) is 0 Å². The highest BCUT2D eigenvalue weighted by Crippen LogP contribution is 2.20. The molecule has 1 aliphatic rings. The van der Waals surface area contributed by atoms with E-state index in [1.165, 1.54) is 18.4 Å².